The molecule has 1 aliphatic rings. The fraction of sp³-hybridized carbons (Fsp3) is 0.400. The van der Waals surface area contributed by atoms with E-state index in [1.165, 1.54) is 24.0 Å². The smallest absolute Gasteiger partial charge is 0.0213 e. The van der Waals surface area contributed by atoms with Gasteiger partial charge in [0.1, 0.15) is 0 Å². The fourth-order valence-corrected chi connectivity index (χ4v) is 2.03. The van der Waals surface area contributed by atoms with Gasteiger partial charge in [0.2, 0.25) is 0 Å². The Morgan fingerprint density at radius 3 is 2.75 bits per heavy atom. The molecule has 0 aliphatic heterocycles. The predicted octanol–water partition coefficient (Wildman–Crippen LogP) is 1.98. The maximum atomic E-state index is 4.11. The molecule has 0 heterocycles. The molecule has 1 aromatic rings. The molecule has 0 aromatic heterocycles. The van der Waals surface area contributed by atoms with Gasteiger partial charge in [-0.2, -0.15) is 0 Å². The second-order valence-corrected chi connectivity index (χ2v) is 3.60. The van der Waals surface area contributed by atoms with Gasteiger partial charge in [-0.25, -0.2) is 0 Å². The molecule has 0 radical (unpaired) electrons. The van der Waals surface area contributed by atoms with Crippen LogP contribution in [0.25, 0.3) is 0 Å². The van der Waals surface area contributed by atoms with Crippen LogP contribution in [0.15, 0.2) is 24.3 Å². The van der Waals surface area contributed by atoms with Gasteiger partial charge in [0, 0.05) is 6.04 Å². The molecule has 2 rings (SSSR count). The molecule has 0 saturated carbocycles. The second kappa shape index (κ2) is 3.50. The highest BCUT2D eigenvalue weighted by Gasteiger charge is 2.15. The third-order valence-corrected chi connectivity index (χ3v) is 2.89. The molecule has 12 heavy (non-hydrogen) atoms. The van der Waals surface area contributed by atoms with Crippen LogP contribution in [0.3, 0.4) is 0 Å². The minimum absolute atomic E-state index is 0.559. The summed E-state index contributed by atoms with van der Waals surface area (Å²) in [7, 11) is 0. The standard InChI is InChI=1S/C10H13NS/c12-11-10-6-5-8-3-1-2-4-9(8)7-10/h1-4,10-12H,5-7H2. The van der Waals surface area contributed by atoms with E-state index in [0.29, 0.717) is 6.04 Å². The number of nitrogens with one attached hydrogen (secondary N) is 1. The van der Waals surface area contributed by atoms with Crippen molar-refractivity contribution in [3.63, 3.8) is 0 Å². The zero-order valence-corrected chi connectivity index (χ0v) is 7.85. The van der Waals surface area contributed by atoms with Crippen LogP contribution in [0.1, 0.15) is 17.5 Å². The Kier molecular flexibility index (Phi) is 2.38. The lowest BCUT2D eigenvalue weighted by Crippen LogP contribution is -2.28. The van der Waals surface area contributed by atoms with Gasteiger partial charge in [0.15, 0.2) is 0 Å². The summed E-state index contributed by atoms with van der Waals surface area (Å²) in [5.74, 6) is 0. The van der Waals surface area contributed by atoms with Crippen LogP contribution in [0.4, 0.5) is 0 Å². The van der Waals surface area contributed by atoms with Crippen LogP contribution in [0, 0.1) is 0 Å². The Morgan fingerprint density at radius 2 is 2.00 bits per heavy atom. The van der Waals surface area contributed by atoms with Crippen molar-refractivity contribution in [1.29, 1.82) is 0 Å². The SMILES string of the molecule is SNC1CCc2ccccc2C1. The van der Waals surface area contributed by atoms with Gasteiger partial charge in [-0.05, 0) is 30.4 Å². The van der Waals surface area contributed by atoms with Gasteiger partial charge in [-0.3, -0.25) is 4.72 Å². The summed E-state index contributed by atoms with van der Waals surface area (Å²) in [6.45, 7) is 0. The molecule has 64 valence electrons. The highest BCUT2D eigenvalue weighted by Crippen LogP contribution is 2.20. The normalized spacial score (nSPS) is 21.9. The molecule has 1 N–H and O–H groups in total. The largest absolute Gasteiger partial charge is 0.263 e. The van der Waals surface area contributed by atoms with E-state index in [1.54, 1.807) is 0 Å². The predicted molar refractivity (Wildman–Crippen MR) is 54.4 cm³/mol. The molecule has 0 fully saturated rings. The van der Waals surface area contributed by atoms with Crippen LogP contribution in [-0.2, 0) is 12.8 Å². The van der Waals surface area contributed by atoms with Gasteiger partial charge in [-0.15, -0.1) is 0 Å². The van der Waals surface area contributed by atoms with Gasteiger partial charge in [-0.1, -0.05) is 37.1 Å². The number of rotatable bonds is 1. The van der Waals surface area contributed by atoms with Gasteiger partial charge in [0.05, 0.1) is 0 Å². The molecule has 0 amide bonds. The number of hydrogen-bond acceptors (Lipinski definition) is 2. The van der Waals surface area contributed by atoms with Crippen molar-refractivity contribution in [1.82, 2.24) is 4.72 Å². The molecule has 1 nitrogen and oxygen atoms in total. The van der Waals surface area contributed by atoms with E-state index in [9.17, 15) is 0 Å². The summed E-state index contributed by atoms with van der Waals surface area (Å²) in [6, 6.07) is 9.23. The summed E-state index contributed by atoms with van der Waals surface area (Å²) in [6.07, 6.45) is 3.52. The third kappa shape index (κ3) is 1.50. The highest BCUT2D eigenvalue weighted by molar-refractivity contribution is 7.78. The molecular formula is C10H13NS. The first-order valence-corrected chi connectivity index (χ1v) is 4.81. The third-order valence-electron chi connectivity index (χ3n) is 2.53. The molecule has 0 saturated heterocycles. The topological polar surface area (TPSA) is 12.0 Å². The van der Waals surface area contributed by atoms with Crippen LogP contribution in [0.2, 0.25) is 0 Å². The first-order valence-electron chi connectivity index (χ1n) is 4.36. The first-order chi connectivity index (χ1) is 5.90. The Hall–Kier alpha value is -0.470. The Labute approximate surface area is 78.7 Å². The highest BCUT2D eigenvalue weighted by atomic mass is 32.1. The molecular weight excluding hydrogens is 166 g/mol. The monoisotopic (exact) mass is 179 g/mol. The second-order valence-electron chi connectivity index (χ2n) is 3.34. The molecule has 0 spiro atoms. The Balaban J connectivity index is 2.23. The average Bonchev–Trinajstić information content (AvgIpc) is 2.17. The molecule has 0 bridgehead atoms. The van der Waals surface area contributed by atoms with Crippen molar-refractivity contribution in [3.8, 4) is 0 Å². The number of benzene rings is 1. The van der Waals surface area contributed by atoms with Gasteiger partial charge in [0.25, 0.3) is 0 Å². The van der Waals surface area contributed by atoms with Crippen LogP contribution < -0.4 is 4.72 Å². The average molecular weight is 179 g/mol. The van der Waals surface area contributed by atoms with Crippen molar-refractivity contribution < 1.29 is 0 Å². The van der Waals surface area contributed by atoms with E-state index in [2.05, 4.69) is 41.8 Å². The van der Waals surface area contributed by atoms with Crippen LogP contribution in [-0.4, -0.2) is 6.04 Å². The lowest BCUT2D eigenvalue weighted by molar-refractivity contribution is 0.548. The quantitative estimate of drug-likeness (QED) is 0.628. The lowest BCUT2D eigenvalue weighted by Gasteiger charge is -2.23. The van der Waals surface area contributed by atoms with Gasteiger partial charge >= 0.3 is 0 Å². The molecule has 2 heteroatoms. The summed E-state index contributed by atoms with van der Waals surface area (Å²) in [4.78, 5) is 0. The number of fused-ring (bicyclic) bond motifs is 1. The van der Waals surface area contributed by atoms with E-state index >= 15 is 0 Å². The van der Waals surface area contributed by atoms with Crippen molar-refractivity contribution in [2.45, 2.75) is 25.3 Å². The summed E-state index contributed by atoms with van der Waals surface area (Å²) >= 11 is 4.11. The first kappa shape index (κ1) is 8.14. The van der Waals surface area contributed by atoms with E-state index in [0.717, 1.165) is 6.42 Å². The zero-order chi connectivity index (χ0) is 8.39. The summed E-state index contributed by atoms with van der Waals surface area (Å²) in [5, 5.41) is 0. The van der Waals surface area contributed by atoms with Crippen LogP contribution in [0.5, 0.6) is 0 Å². The molecule has 1 atom stereocenters. The molecule has 1 aliphatic carbocycles. The summed E-state index contributed by atoms with van der Waals surface area (Å²) < 4.78 is 3.04. The van der Waals surface area contributed by atoms with E-state index in [1.807, 2.05) is 0 Å². The number of aryl methyl sites for hydroxylation is 1. The van der Waals surface area contributed by atoms with Crippen molar-refractivity contribution in [3.05, 3.63) is 35.4 Å². The Bertz CT molecular complexity index is 272. The zero-order valence-electron chi connectivity index (χ0n) is 6.96. The van der Waals surface area contributed by atoms with Crippen molar-refractivity contribution in [2.24, 2.45) is 0 Å². The minimum Gasteiger partial charge on any atom is -0.263 e. The maximum absolute atomic E-state index is 4.11. The van der Waals surface area contributed by atoms with Gasteiger partial charge < -0.3 is 0 Å². The Morgan fingerprint density at radius 1 is 1.25 bits per heavy atom. The van der Waals surface area contributed by atoms with E-state index in [-0.39, 0.29) is 0 Å². The maximum Gasteiger partial charge on any atom is 0.0213 e. The number of thiol groups is 1. The number of hydrogen-bond donors (Lipinski definition) is 2. The lowest BCUT2D eigenvalue weighted by atomic mass is 9.89. The summed E-state index contributed by atoms with van der Waals surface area (Å²) in [5.41, 5.74) is 2.99. The van der Waals surface area contributed by atoms with Crippen LogP contribution >= 0.6 is 12.8 Å². The molecule has 1 aromatic carbocycles. The molecule has 1 unspecified atom stereocenters. The minimum atomic E-state index is 0.559. The van der Waals surface area contributed by atoms with Crippen molar-refractivity contribution >= 4 is 12.8 Å². The van der Waals surface area contributed by atoms with E-state index in [4.69, 9.17) is 0 Å². The fourth-order valence-electron chi connectivity index (χ4n) is 1.81. The van der Waals surface area contributed by atoms with E-state index < -0.39 is 0 Å². The van der Waals surface area contributed by atoms with Crippen molar-refractivity contribution in [2.75, 3.05) is 0 Å².